The third kappa shape index (κ3) is 4.85. The number of aliphatic hydroxyl groups excluding tert-OH is 1. The minimum absolute atomic E-state index is 0.0917. The van der Waals surface area contributed by atoms with Crippen LogP contribution in [0.15, 0.2) is 12.7 Å². The van der Waals surface area contributed by atoms with Crippen molar-refractivity contribution in [2.75, 3.05) is 13.2 Å². The third-order valence-corrected chi connectivity index (χ3v) is 3.62. The van der Waals surface area contributed by atoms with E-state index in [1.54, 1.807) is 4.90 Å². The highest BCUT2D eigenvalue weighted by atomic mass is 16.4. The van der Waals surface area contributed by atoms with Gasteiger partial charge in [-0.25, -0.2) is 9.59 Å². The molecule has 6 nitrogen and oxygen atoms in total. The van der Waals surface area contributed by atoms with E-state index in [4.69, 9.17) is 10.2 Å². The van der Waals surface area contributed by atoms with Crippen LogP contribution in [0.3, 0.4) is 0 Å². The number of hydrogen-bond acceptors (Lipinski definition) is 3. The highest BCUT2D eigenvalue weighted by Crippen LogP contribution is 2.22. The molecule has 3 N–H and O–H groups in total. The van der Waals surface area contributed by atoms with Gasteiger partial charge in [-0.05, 0) is 19.3 Å². The second-order valence-electron chi connectivity index (χ2n) is 5.07. The van der Waals surface area contributed by atoms with Crippen molar-refractivity contribution in [2.45, 2.75) is 50.6 Å². The molecule has 2 amide bonds. The van der Waals surface area contributed by atoms with Gasteiger partial charge in [0.25, 0.3) is 0 Å². The number of carbonyl (C=O) groups is 2. The van der Waals surface area contributed by atoms with Gasteiger partial charge in [-0.15, -0.1) is 6.58 Å². The molecule has 0 aromatic heterocycles. The van der Waals surface area contributed by atoms with Crippen LogP contribution < -0.4 is 5.32 Å². The monoisotopic (exact) mass is 284 g/mol. The third-order valence-electron chi connectivity index (χ3n) is 3.62. The van der Waals surface area contributed by atoms with Crippen molar-refractivity contribution >= 4 is 12.0 Å². The Kier molecular flexibility index (Phi) is 7.08. The smallest absolute Gasteiger partial charge is 0.326 e. The average molecular weight is 284 g/mol. The highest BCUT2D eigenvalue weighted by molar-refractivity contribution is 5.82. The number of nitrogens with zero attached hydrogens (tertiary/aromatic N) is 1. The molecule has 1 atom stereocenters. The topological polar surface area (TPSA) is 89.9 Å². The van der Waals surface area contributed by atoms with Crippen molar-refractivity contribution in [2.24, 2.45) is 0 Å². The summed E-state index contributed by atoms with van der Waals surface area (Å²) in [4.78, 5) is 24.8. The van der Waals surface area contributed by atoms with Gasteiger partial charge in [-0.1, -0.05) is 25.3 Å². The Morgan fingerprint density at radius 1 is 1.35 bits per heavy atom. The van der Waals surface area contributed by atoms with Gasteiger partial charge in [-0.2, -0.15) is 0 Å². The molecule has 1 aliphatic carbocycles. The first-order valence-corrected chi connectivity index (χ1v) is 7.11. The Labute approximate surface area is 119 Å². The summed E-state index contributed by atoms with van der Waals surface area (Å²) >= 11 is 0. The Balaban J connectivity index is 2.66. The zero-order valence-corrected chi connectivity index (χ0v) is 11.8. The van der Waals surface area contributed by atoms with Crippen LogP contribution in [0.4, 0.5) is 4.79 Å². The van der Waals surface area contributed by atoms with Crippen LogP contribution in [0.2, 0.25) is 0 Å². The summed E-state index contributed by atoms with van der Waals surface area (Å²) in [7, 11) is 0. The number of carboxylic acids is 1. The summed E-state index contributed by atoms with van der Waals surface area (Å²) in [6.45, 7) is 3.60. The normalized spacial score (nSPS) is 17.2. The lowest BCUT2D eigenvalue weighted by atomic mass is 9.94. The predicted molar refractivity (Wildman–Crippen MR) is 75.4 cm³/mol. The van der Waals surface area contributed by atoms with Gasteiger partial charge in [0.05, 0.1) is 6.61 Å². The van der Waals surface area contributed by atoms with E-state index in [0.29, 0.717) is 0 Å². The van der Waals surface area contributed by atoms with Crippen LogP contribution >= 0.6 is 0 Å². The molecular weight excluding hydrogens is 260 g/mol. The first-order valence-electron chi connectivity index (χ1n) is 7.11. The van der Waals surface area contributed by atoms with Crippen molar-refractivity contribution in [3.8, 4) is 0 Å². The molecular formula is C14H24N2O4. The zero-order valence-electron chi connectivity index (χ0n) is 11.8. The highest BCUT2D eigenvalue weighted by Gasteiger charge is 2.27. The van der Waals surface area contributed by atoms with Crippen molar-refractivity contribution in [1.82, 2.24) is 10.2 Å². The fraction of sp³-hybridized carbons (Fsp3) is 0.714. The molecule has 0 bridgehead atoms. The van der Waals surface area contributed by atoms with Gasteiger partial charge in [-0.3, -0.25) is 0 Å². The number of carbonyl (C=O) groups excluding carboxylic acids is 1. The van der Waals surface area contributed by atoms with Gasteiger partial charge in [0.15, 0.2) is 0 Å². The number of carboxylic acid groups (broad SMARTS) is 1. The lowest BCUT2D eigenvalue weighted by Crippen LogP contribution is -2.52. The molecule has 1 saturated carbocycles. The number of urea groups is 1. The van der Waals surface area contributed by atoms with Gasteiger partial charge in [0.2, 0.25) is 0 Å². The van der Waals surface area contributed by atoms with Crippen LogP contribution in [0, 0.1) is 0 Å². The molecule has 0 aromatic carbocycles. The summed E-state index contributed by atoms with van der Waals surface area (Å²) in [6, 6.07) is -1.29. The predicted octanol–water partition coefficient (Wildman–Crippen LogP) is 1.35. The fourth-order valence-electron chi connectivity index (χ4n) is 2.57. The van der Waals surface area contributed by atoms with Gasteiger partial charge in [0.1, 0.15) is 6.04 Å². The maximum Gasteiger partial charge on any atom is 0.326 e. The van der Waals surface area contributed by atoms with Crippen molar-refractivity contribution in [3.05, 3.63) is 12.7 Å². The van der Waals surface area contributed by atoms with Crippen molar-refractivity contribution in [3.63, 3.8) is 0 Å². The first kappa shape index (κ1) is 16.5. The second-order valence-corrected chi connectivity index (χ2v) is 5.07. The molecule has 1 rings (SSSR count). The standard InChI is InChI=1S/C14H24N2O4/c1-2-6-12(13(18)19)15-14(20)16(9-10-17)11-7-4-3-5-8-11/h2,11-12,17H,1,3-10H2,(H,15,20)(H,18,19). The molecule has 1 unspecified atom stereocenters. The molecule has 114 valence electrons. The Hall–Kier alpha value is -1.56. The van der Waals surface area contributed by atoms with Gasteiger partial charge in [0, 0.05) is 12.6 Å². The van der Waals surface area contributed by atoms with Crippen molar-refractivity contribution < 1.29 is 19.8 Å². The SMILES string of the molecule is C=CCC(NC(=O)N(CCO)C1CCCCC1)C(=O)O. The largest absolute Gasteiger partial charge is 0.480 e. The molecule has 0 radical (unpaired) electrons. The maximum absolute atomic E-state index is 12.2. The lowest BCUT2D eigenvalue weighted by molar-refractivity contribution is -0.139. The zero-order chi connectivity index (χ0) is 15.0. The van der Waals surface area contributed by atoms with Crippen molar-refractivity contribution in [1.29, 1.82) is 0 Å². The van der Waals surface area contributed by atoms with Crippen LogP contribution in [0.25, 0.3) is 0 Å². The van der Waals surface area contributed by atoms with E-state index < -0.39 is 18.0 Å². The van der Waals surface area contributed by atoms with Gasteiger partial charge >= 0.3 is 12.0 Å². The molecule has 0 aliphatic heterocycles. The average Bonchev–Trinajstić information content (AvgIpc) is 2.45. The van der Waals surface area contributed by atoms with Crippen LogP contribution in [0.1, 0.15) is 38.5 Å². The Morgan fingerprint density at radius 3 is 2.50 bits per heavy atom. The molecule has 6 heteroatoms. The number of aliphatic carboxylic acids is 1. The molecule has 1 aliphatic rings. The van der Waals surface area contributed by atoms with E-state index in [1.165, 1.54) is 12.5 Å². The van der Waals surface area contributed by atoms with E-state index in [-0.39, 0.29) is 25.6 Å². The maximum atomic E-state index is 12.2. The molecule has 0 aromatic rings. The lowest BCUT2D eigenvalue weighted by Gasteiger charge is -2.34. The number of rotatable bonds is 7. The number of hydrogen-bond donors (Lipinski definition) is 3. The second kappa shape index (κ2) is 8.58. The summed E-state index contributed by atoms with van der Waals surface area (Å²) < 4.78 is 0. The molecule has 1 fully saturated rings. The summed E-state index contributed by atoms with van der Waals surface area (Å²) in [5, 5.41) is 20.7. The molecule has 0 heterocycles. The Bertz CT molecular complexity index is 340. The number of aliphatic hydroxyl groups is 1. The summed E-state index contributed by atoms with van der Waals surface area (Å²) in [5.74, 6) is -1.08. The van der Waals surface area contributed by atoms with E-state index >= 15 is 0 Å². The minimum atomic E-state index is -1.08. The first-order chi connectivity index (χ1) is 9.60. The van der Waals surface area contributed by atoms with Gasteiger partial charge < -0.3 is 20.4 Å². The van der Waals surface area contributed by atoms with Crippen LogP contribution in [-0.4, -0.2) is 52.3 Å². The minimum Gasteiger partial charge on any atom is -0.480 e. The molecule has 0 saturated heterocycles. The number of amides is 2. The molecule has 20 heavy (non-hydrogen) atoms. The molecule has 0 spiro atoms. The van der Waals surface area contributed by atoms with E-state index in [1.807, 2.05) is 0 Å². The fourth-order valence-corrected chi connectivity index (χ4v) is 2.57. The van der Waals surface area contributed by atoms with E-state index in [9.17, 15) is 9.59 Å². The quantitative estimate of drug-likeness (QED) is 0.616. The number of nitrogens with one attached hydrogen (secondary N) is 1. The van der Waals surface area contributed by atoms with E-state index in [2.05, 4.69) is 11.9 Å². The summed E-state index contributed by atoms with van der Waals surface area (Å²) in [6.07, 6.45) is 6.76. The van der Waals surface area contributed by atoms with E-state index in [0.717, 1.165) is 25.7 Å². The Morgan fingerprint density at radius 2 is 2.00 bits per heavy atom. The van der Waals surface area contributed by atoms with Crippen LogP contribution in [0.5, 0.6) is 0 Å². The van der Waals surface area contributed by atoms with Crippen LogP contribution in [-0.2, 0) is 4.79 Å². The summed E-state index contributed by atoms with van der Waals surface area (Å²) in [5.41, 5.74) is 0.